The maximum absolute atomic E-state index is 12.7. The number of carbonyl (C=O) groups is 1. The molecule has 0 aromatic heterocycles. The molecule has 1 aromatic rings. The predicted molar refractivity (Wildman–Crippen MR) is 59.7 cm³/mol. The molecule has 0 saturated carbocycles. The summed E-state index contributed by atoms with van der Waals surface area (Å²) >= 11 is 0. The fraction of sp³-hybridized carbons (Fsp3) is 0.417. The van der Waals surface area contributed by atoms with Gasteiger partial charge in [0.2, 0.25) is 0 Å². The SMILES string of the molecule is CC(C)N(O)C(=O)C(C)(O)c1ccc(F)cc1. The summed E-state index contributed by atoms with van der Waals surface area (Å²) in [6.45, 7) is 4.48. The highest BCUT2D eigenvalue weighted by Crippen LogP contribution is 2.23. The van der Waals surface area contributed by atoms with Crippen LogP contribution in [0.1, 0.15) is 26.3 Å². The minimum atomic E-state index is -1.88. The van der Waals surface area contributed by atoms with Crippen molar-refractivity contribution in [1.29, 1.82) is 0 Å². The molecule has 0 heterocycles. The Hall–Kier alpha value is -1.46. The van der Waals surface area contributed by atoms with Crippen LogP contribution in [-0.2, 0) is 10.4 Å². The van der Waals surface area contributed by atoms with Gasteiger partial charge in [-0.05, 0) is 38.5 Å². The molecule has 0 bridgehead atoms. The van der Waals surface area contributed by atoms with Gasteiger partial charge in [-0.25, -0.2) is 9.45 Å². The average Bonchev–Trinajstić information content (AvgIpc) is 2.27. The molecular formula is C12H16FNO3. The van der Waals surface area contributed by atoms with Crippen LogP contribution in [0.3, 0.4) is 0 Å². The number of amides is 1. The molecule has 2 N–H and O–H groups in total. The first-order valence-electron chi connectivity index (χ1n) is 5.27. The van der Waals surface area contributed by atoms with Crippen LogP contribution in [0.4, 0.5) is 4.39 Å². The van der Waals surface area contributed by atoms with Crippen molar-refractivity contribution in [3.63, 3.8) is 0 Å². The van der Waals surface area contributed by atoms with Crippen molar-refractivity contribution in [2.45, 2.75) is 32.4 Å². The van der Waals surface area contributed by atoms with Crippen molar-refractivity contribution in [1.82, 2.24) is 5.06 Å². The van der Waals surface area contributed by atoms with Crippen LogP contribution in [0.15, 0.2) is 24.3 Å². The van der Waals surface area contributed by atoms with E-state index in [9.17, 15) is 19.5 Å². The minimum Gasteiger partial charge on any atom is -0.375 e. The third kappa shape index (κ3) is 2.81. The Morgan fingerprint density at radius 2 is 1.82 bits per heavy atom. The van der Waals surface area contributed by atoms with E-state index in [2.05, 4.69) is 0 Å². The zero-order valence-corrected chi connectivity index (χ0v) is 10.0. The topological polar surface area (TPSA) is 60.8 Å². The van der Waals surface area contributed by atoms with Crippen LogP contribution in [0.5, 0.6) is 0 Å². The summed E-state index contributed by atoms with van der Waals surface area (Å²) in [5.74, 6) is -1.30. The van der Waals surface area contributed by atoms with Gasteiger partial charge in [0.1, 0.15) is 5.82 Å². The molecular weight excluding hydrogens is 225 g/mol. The first-order chi connectivity index (χ1) is 7.76. The number of hydrogen-bond acceptors (Lipinski definition) is 3. The fourth-order valence-electron chi connectivity index (χ4n) is 1.36. The van der Waals surface area contributed by atoms with E-state index in [1.807, 2.05) is 0 Å². The van der Waals surface area contributed by atoms with Crippen LogP contribution >= 0.6 is 0 Å². The number of benzene rings is 1. The highest BCUT2D eigenvalue weighted by molar-refractivity contribution is 5.85. The molecule has 0 aliphatic carbocycles. The van der Waals surface area contributed by atoms with E-state index in [0.29, 0.717) is 5.06 Å². The molecule has 5 heteroatoms. The highest BCUT2D eigenvalue weighted by atomic mass is 19.1. The molecule has 94 valence electrons. The zero-order chi connectivity index (χ0) is 13.2. The van der Waals surface area contributed by atoms with E-state index in [4.69, 9.17) is 0 Å². The van der Waals surface area contributed by atoms with Crippen LogP contribution < -0.4 is 0 Å². The van der Waals surface area contributed by atoms with Gasteiger partial charge in [-0.3, -0.25) is 10.0 Å². The fourth-order valence-corrected chi connectivity index (χ4v) is 1.36. The normalized spacial score (nSPS) is 14.5. The molecule has 4 nitrogen and oxygen atoms in total. The summed E-state index contributed by atoms with van der Waals surface area (Å²) in [5, 5.41) is 20.0. The Morgan fingerprint density at radius 1 is 1.35 bits per heavy atom. The lowest BCUT2D eigenvalue weighted by molar-refractivity contribution is -0.192. The molecule has 17 heavy (non-hydrogen) atoms. The Balaban J connectivity index is 3.02. The number of rotatable bonds is 3. The smallest absolute Gasteiger partial charge is 0.282 e. The zero-order valence-electron chi connectivity index (χ0n) is 10.0. The summed E-state index contributed by atoms with van der Waals surface area (Å²) in [7, 11) is 0. The van der Waals surface area contributed by atoms with Crippen molar-refractivity contribution in [3.05, 3.63) is 35.6 Å². The molecule has 1 rings (SSSR count). The number of halogens is 1. The standard InChI is InChI=1S/C12H16FNO3/c1-8(2)14(17)11(15)12(3,16)9-4-6-10(13)7-5-9/h4-8,16-17H,1-3H3. The van der Waals surface area contributed by atoms with Crippen molar-refractivity contribution in [2.75, 3.05) is 0 Å². The van der Waals surface area contributed by atoms with Crippen molar-refractivity contribution in [2.24, 2.45) is 0 Å². The van der Waals surface area contributed by atoms with Gasteiger partial charge in [0.15, 0.2) is 5.60 Å². The Bertz CT molecular complexity index is 401. The second-order valence-corrected chi connectivity index (χ2v) is 4.32. The maximum Gasteiger partial charge on any atom is 0.282 e. The van der Waals surface area contributed by atoms with Crippen LogP contribution in [0, 0.1) is 5.82 Å². The number of nitrogens with zero attached hydrogens (tertiary/aromatic N) is 1. The quantitative estimate of drug-likeness (QED) is 0.625. The van der Waals surface area contributed by atoms with Gasteiger partial charge in [0.05, 0.1) is 6.04 Å². The third-order valence-corrected chi connectivity index (χ3v) is 2.52. The van der Waals surface area contributed by atoms with E-state index >= 15 is 0 Å². The molecule has 0 aliphatic rings. The van der Waals surface area contributed by atoms with E-state index in [-0.39, 0.29) is 5.56 Å². The van der Waals surface area contributed by atoms with Crippen LogP contribution in [-0.4, -0.2) is 27.3 Å². The molecule has 1 aromatic carbocycles. The van der Waals surface area contributed by atoms with Crippen molar-refractivity contribution in [3.8, 4) is 0 Å². The van der Waals surface area contributed by atoms with Gasteiger partial charge in [-0.1, -0.05) is 12.1 Å². The Morgan fingerprint density at radius 3 is 2.24 bits per heavy atom. The number of hydrogen-bond donors (Lipinski definition) is 2. The Labute approximate surface area is 99.3 Å². The van der Waals surface area contributed by atoms with Crippen molar-refractivity contribution < 1.29 is 19.5 Å². The Kier molecular flexibility index (Phi) is 3.85. The lowest BCUT2D eigenvalue weighted by Crippen LogP contribution is -2.46. The minimum absolute atomic E-state index is 0.226. The second kappa shape index (κ2) is 4.81. The maximum atomic E-state index is 12.7. The van der Waals surface area contributed by atoms with Crippen molar-refractivity contribution >= 4 is 5.91 Å². The van der Waals surface area contributed by atoms with E-state index < -0.39 is 23.4 Å². The lowest BCUT2D eigenvalue weighted by atomic mass is 9.94. The number of aliphatic hydroxyl groups is 1. The predicted octanol–water partition coefficient (Wildman–Crippen LogP) is 1.66. The molecule has 0 aliphatic heterocycles. The molecule has 0 spiro atoms. The molecule has 0 saturated heterocycles. The van der Waals surface area contributed by atoms with Gasteiger partial charge >= 0.3 is 0 Å². The number of carbonyl (C=O) groups excluding carboxylic acids is 1. The summed E-state index contributed by atoms with van der Waals surface area (Å²) < 4.78 is 12.7. The number of hydroxylamine groups is 2. The van der Waals surface area contributed by atoms with E-state index in [0.717, 1.165) is 12.1 Å². The first-order valence-corrected chi connectivity index (χ1v) is 5.27. The summed E-state index contributed by atoms with van der Waals surface area (Å²) in [4.78, 5) is 11.8. The lowest BCUT2D eigenvalue weighted by Gasteiger charge is -2.29. The largest absolute Gasteiger partial charge is 0.375 e. The van der Waals surface area contributed by atoms with Gasteiger partial charge in [-0.15, -0.1) is 0 Å². The van der Waals surface area contributed by atoms with Gasteiger partial charge in [-0.2, -0.15) is 0 Å². The molecule has 1 amide bonds. The monoisotopic (exact) mass is 241 g/mol. The first kappa shape index (κ1) is 13.6. The highest BCUT2D eigenvalue weighted by Gasteiger charge is 2.36. The average molecular weight is 241 g/mol. The van der Waals surface area contributed by atoms with Crippen LogP contribution in [0.25, 0.3) is 0 Å². The van der Waals surface area contributed by atoms with Gasteiger partial charge in [0, 0.05) is 0 Å². The molecule has 1 unspecified atom stereocenters. The summed E-state index contributed by atoms with van der Waals surface area (Å²) in [6.07, 6.45) is 0. The molecule has 1 atom stereocenters. The summed E-state index contributed by atoms with van der Waals surface area (Å²) in [6, 6.07) is 4.46. The van der Waals surface area contributed by atoms with E-state index in [1.54, 1.807) is 13.8 Å². The van der Waals surface area contributed by atoms with E-state index in [1.165, 1.54) is 19.1 Å². The van der Waals surface area contributed by atoms with Crippen LogP contribution in [0.2, 0.25) is 0 Å². The second-order valence-electron chi connectivity index (χ2n) is 4.32. The molecule has 0 radical (unpaired) electrons. The summed E-state index contributed by atoms with van der Waals surface area (Å²) in [5.41, 5.74) is -1.66. The van der Waals surface area contributed by atoms with Gasteiger partial charge in [0.25, 0.3) is 5.91 Å². The van der Waals surface area contributed by atoms with Gasteiger partial charge < -0.3 is 5.11 Å². The third-order valence-electron chi connectivity index (χ3n) is 2.52. The molecule has 0 fully saturated rings.